The van der Waals surface area contributed by atoms with Gasteiger partial charge < -0.3 is 9.72 Å². The molecule has 0 amide bonds. The van der Waals surface area contributed by atoms with Crippen molar-refractivity contribution in [1.29, 1.82) is 0 Å². The highest BCUT2D eigenvalue weighted by Gasteiger charge is 2.27. The summed E-state index contributed by atoms with van der Waals surface area (Å²) in [6.07, 6.45) is 1.78. The molecule has 1 atom stereocenters. The molecule has 3 aromatic rings. The molecule has 1 aromatic carbocycles. The Labute approximate surface area is 114 Å². The van der Waals surface area contributed by atoms with Crippen LogP contribution < -0.4 is 4.74 Å². The van der Waals surface area contributed by atoms with Crippen LogP contribution >= 0.6 is 12.2 Å². The molecule has 1 unspecified atom stereocenters. The first kappa shape index (κ1) is 10.8. The standard InChI is InChI=1S/C14H11N3OS/c19-14-16-10-5-3-7-15-13(10)17(14)11-8-18-12-6-2-1-4-9(11)12/h1-7,11H,8H2,(H,16,19). The molecule has 2 aromatic heterocycles. The van der Waals surface area contributed by atoms with Crippen molar-refractivity contribution in [3.8, 4) is 5.75 Å². The Morgan fingerprint density at radius 3 is 3.11 bits per heavy atom. The molecule has 19 heavy (non-hydrogen) atoms. The molecular weight excluding hydrogens is 258 g/mol. The molecule has 94 valence electrons. The third-order valence-electron chi connectivity index (χ3n) is 3.46. The maximum Gasteiger partial charge on any atom is 0.179 e. The largest absolute Gasteiger partial charge is 0.491 e. The number of H-pyrrole nitrogens is 1. The van der Waals surface area contributed by atoms with Gasteiger partial charge in [-0.15, -0.1) is 0 Å². The average molecular weight is 269 g/mol. The van der Waals surface area contributed by atoms with Crippen molar-refractivity contribution in [2.24, 2.45) is 0 Å². The minimum Gasteiger partial charge on any atom is -0.491 e. The van der Waals surface area contributed by atoms with Gasteiger partial charge in [-0.1, -0.05) is 18.2 Å². The SMILES string of the molecule is S=c1[nH]c2cccnc2n1C1COc2ccccc21. The van der Waals surface area contributed by atoms with E-state index in [2.05, 4.69) is 16.0 Å². The minimum atomic E-state index is 0.0901. The number of nitrogens with zero attached hydrogens (tertiary/aromatic N) is 2. The zero-order chi connectivity index (χ0) is 12.8. The predicted molar refractivity (Wildman–Crippen MR) is 75.0 cm³/mol. The van der Waals surface area contributed by atoms with Crippen LogP contribution in [0.2, 0.25) is 0 Å². The minimum absolute atomic E-state index is 0.0901. The molecule has 0 saturated carbocycles. The van der Waals surface area contributed by atoms with Crippen LogP contribution in [0, 0.1) is 4.77 Å². The van der Waals surface area contributed by atoms with Gasteiger partial charge in [0.15, 0.2) is 10.4 Å². The van der Waals surface area contributed by atoms with Gasteiger partial charge in [-0.3, -0.25) is 4.57 Å². The second-order valence-electron chi connectivity index (χ2n) is 4.54. The highest BCUT2D eigenvalue weighted by atomic mass is 32.1. The van der Waals surface area contributed by atoms with E-state index in [1.807, 2.05) is 34.9 Å². The predicted octanol–water partition coefficient (Wildman–Crippen LogP) is 3.08. The van der Waals surface area contributed by atoms with E-state index in [9.17, 15) is 0 Å². The monoisotopic (exact) mass is 269 g/mol. The van der Waals surface area contributed by atoms with Gasteiger partial charge >= 0.3 is 0 Å². The molecule has 0 aliphatic carbocycles. The molecular formula is C14H11N3OS. The summed E-state index contributed by atoms with van der Waals surface area (Å²) in [6.45, 7) is 0.594. The van der Waals surface area contributed by atoms with Crippen molar-refractivity contribution in [3.05, 3.63) is 52.9 Å². The zero-order valence-corrected chi connectivity index (χ0v) is 10.9. The summed E-state index contributed by atoms with van der Waals surface area (Å²) < 4.78 is 8.45. The Kier molecular flexibility index (Phi) is 2.22. The molecule has 0 fully saturated rings. The first-order chi connectivity index (χ1) is 9.34. The van der Waals surface area contributed by atoms with Crippen LogP contribution in [0.25, 0.3) is 11.2 Å². The third kappa shape index (κ3) is 1.51. The van der Waals surface area contributed by atoms with Gasteiger partial charge in [0, 0.05) is 11.8 Å². The van der Waals surface area contributed by atoms with Crippen molar-refractivity contribution in [3.63, 3.8) is 0 Å². The van der Waals surface area contributed by atoms with Gasteiger partial charge in [-0.05, 0) is 30.4 Å². The van der Waals surface area contributed by atoms with Gasteiger partial charge in [0.25, 0.3) is 0 Å². The molecule has 0 bridgehead atoms. The molecule has 4 rings (SSSR count). The quantitative estimate of drug-likeness (QED) is 0.690. The van der Waals surface area contributed by atoms with Gasteiger partial charge in [0.05, 0.1) is 5.52 Å². The van der Waals surface area contributed by atoms with E-state index in [4.69, 9.17) is 17.0 Å². The van der Waals surface area contributed by atoms with Crippen molar-refractivity contribution >= 4 is 23.4 Å². The number of rotatable bonds is 1. The van der Waals surface area contributed by atoms with E-state index in [1.165, 1.54) is 0 Å². The smallest absolute Gasteiger partial charge is 0.179 e. The highest BCUT2D eigenvalue weighted by Crippen LogP contribution is 2.35. The summed E-state index contributed by atoms with van der Waals surface area (Å²) in [4.78, 5) is 7.62. The molecule has 1 aliphatic rings. The van der Waals surface area contributed by atoms with E-state index in [0.717, 1.165) is 22.5 Å². The second-order valence-corrected chi connectivity index (χ2v) is 4.93. The Balaban J connectivity index is 1.98. The number of hydrogen-bond donors (Lipinski definition) is 1. The number of ether oxygens (including phenoxy) is 1. The summed E-state index contributed by atoms with van der Waals surface area (Å²) in [5.74, 6) is 0.930. The number of aromatic nitrogens is 3. The van der Waals surface area contributed by atoms with Crippen LogP contribution in [0.1, 0.15) is 11.6 Å². The fourth-order valence-electron chi connectivity index (χ4n) is 2.61. The number of para-hydroxylation sites is 1. The first-order valence-corrected chi connectivity index (χ1v) is 6.52. The lowest BCUT2D eigenvalue weighted by Gasteiger charge is -2.11. The fraction of sp³-hybridized carbons (Fsp3) is 0.143. The van der Waals surface area contributed by atoms with Crippen molar-refractivity contribution in [2.45, 2.75) is 6.04 Å². The van der Waals surface area contributed by atoms with E-state index in [-0.39, 0.29) is 6.04 Å². The number of imidazole rings is 1. The second kappa shape index (κ2) is 3.93. The normalized spacial score (nSPS) is 17.4. The lowest BCUT2D eigenvalue weighted by Crippen LogP contribution is -2.12. The van der Waals surface area contributed by atoms with E-state index in [1.54, 1.807) is 6.20 Å². The van der Waals surface area contributed by atoms with Crippen molar-refractivity contribution < 1.29 is 4.74 Å². The molecule has 1 aliphatic heterocycles. The maximum absolute atomic E-state index is 5.73. The third-order valence-corrected chi connectivity index (χ3v) is 3.76. The van der Waals surface area contributed by atoms with Crippen LogP contribution in [-0.2, 0) is 0 Å². The van der Waals surface area contributed by atoms with Crippen LogP contribution in [0.3, 0.4) is 0 Å². The molecule has 5 heteroatoms. The molecule has 1 N–H and O–H groups in total. The van der Waals surface area contributed by atoms with E-state index < -0.39 is 0 Å². The number of fused-ring (bicyclic) bond motifs is 2. The van der Waals surface area contributed by atoms with Crippen LogP contribution in [-0.4, -0.2) is 21.1 Å². The van der Waals surface area contributed by atoms with Crippen molar-refractivity contribution in [2.75, 3.05) is 6.61 Å². The maximum atomic E-state index is 5.73. The average Bonchev–Trinajstić information content (AvgIpc) is 2.98. The molecule has 4 nitrogen and oxygen atoms in total. The summed E-state index contributed by atoms with van der Waals surface area (Å²) in [7, 11) is 0. The van der Waals surface area contributed by atoms with Gasteiger partial charge in [0.2, 0.25) is 0 Å². The van der Waals surface area contributed by atoms with Crippen LogP contribution in [0.15, 0.2) is 42.6 Å². The molecule has 0 saturated heterocycles. The van der Waals surface area contributed by atoms with Crippen LogP contribution in [0.4, 0.5) is 0 Å². The highest BCUT2D eigenvalue weighted by molar-refractivity contribution is 7.71. The van der Waals surface area contributed by atoms with Gasteiger partial charge in [0.1, 0.15) is 18.4 Å². The molecule has 0 spiro atoms. The zero-order valence-electron chi connectivity index (χ0n) is 10.0. The Morgan fingerprint density at radius 2 is 2.16 bits per heavy atom. The lowest BCUT2D eigenvalue weighted by molar-refractivity contribution is 0.317. The summed E-state index contributed by atoms with van der Waals surface area (Å²) >= 11 is 5.43. The number of hydrogen-bond acceptors (Lipinski definition) is 3. The van der Waals surface area contributed by atoms with Crippen molar-refractivity contribution in [1.82, 2.24) is 14.5 Å². The number of nitrogens with one attached hydrogen (secondary N) is 1. The van der Waals surface area contributed by atoms with E-state index >= 15 is 0 Å². The fourth-order valence-corrected chi connectivity index (χ4v) is 2.93. The molecule has 0 radical (unpaired) electrons. The molecule has 3 heterocycles. The van der Waals surface area contributed by atoms with Crippen LogP contribution in [0.5, 0.6) is 5.75 Å². The topological polar surface area (TPSA) is 42.8 Å². The lowest BCUT2D eigenvalue weighted by atomic mass is 10.1. The summed E-state index contributed by atoms with van der Waals surface area (Å²) in [5, 5.41) is 0. The number of aromatic amines is 1. The number of benzene rings is 1. The Bertz CT molecular complexity index is 821. The Morgan fingerprint density at radius 1 is 1.26 bits per heavy atom. The van der Waals surface area contributed by atoms with Gasteiger partial charge in [-0.2, -0.15) is 0 Å². The summed E-state index contributed by atoms with van der Waals surface area (Å²) in [6, 6.07) is 12.0. The Hall–Kier alpha value is -2.14. The van der Waals surface area contributed by atoms with Gasteiger partial charge in [-0.25, -0.2) is 4.98 Å². The summed E-state index contributed by atoms with van der Waals surface area (Å²) in [5.41, 5.74) is 2.99. The number of pyridine rings is 1. The first-order valence-electron chi connectivity index (χ1n) is 6.11. The van der Waals surface area contributed by atoms with E-state index in [0.29, 0.717) is 11.4 Å².